The summed E-state index contributed by atoms with van der Waals surface area (Å²) in [4.78, 5) is 10.9. The molecule has 14 heavy (non-hydrogen) atoms. The van der Waals surface area contributed by atoms with Crippen molar-refractivity contribution in [1.29, 1.82) is 0 Å². The van der Waals surface area contributed by atoms with E-state index in [4.69, 9.17) is 4.74 Å². The fourth-order valence-corrected chi connectivity index (χ4v) is 2.33. The lowest BCUT2D eigenvalue weighted by Gasteiger charge is -2.24. The van der Waals surface area contributed by atoms with Crippen molar-refractivity contribution in [2.45, 2.75) is 59.5 Å². The van der Waals surface area contributed by atoms with Crippen LogP contribution < -0.4 is 0 Å². The van der Waals surface area contributed by atoms with Gasteiger partial charge in [-0.05, 0) is 30.6 Å². The van der Waals surface area contributed by atoms with Crippen LogP contribution in [0.5, 0.6) is 0 Å². The van der Waals surface area contributed by atoms with E-state index in [9.17, 15) is 4.79 Å². The Labute approximate surface area is 87.0 Å². The molecular weight excluding hydrogens is 176 g/mol. The van der Waals surface area contributed by atoms with Crippen LogP contribution in [0.3, 0.4) is 0 Å². The van der Waals surface area contributed by atoms with E-state index in [1.165, 1.54) is 6.42 Å². The average molecular weight is 198 g/mol. The number of cyclic esters (lactones) is 1. The van der Waals surface area contributed by atoms with Gasteiger partial charge in [0.05, 0.1) is 0 Å². The summed E-state index contributed by atoms with van der Waals surface area (Å²) in [5.41, 5.74) is 0.377. The highest BCUT2D eigenvalue weighted by molar-refractivity contribution is 5.71. The van der Waals surface area contributed by atoms with Crippen molar-refractivity contribution in [3.63, 3.8) is 0 Å². The van der Waals surface area contributed by atoms with Gasteiger partial charge in [0.25, 0.3) is 0 Å². The van der Waals surface area contributed by atoms with Crippen LogP contribution in [0, 0.1) is 11.3 Å². The van der Waals surface area contributed by atoms with Gasteiger partial charge in [0.1, 0.15) is 6.10 Å². The molecule has 0 radical (unpaired) electrons. The van der Waals surface area contributed by atoms with Crippen LogP contribution in [-0.4, -0.2) is 12.1 Å². The van der Waals surface area contributed by atoms with Gasteiger partial charge in [-0.3, -0.25) is 4.79 Å². The molecule has 1 saturated heterocycles. The number of carbonyl (C=O) groups is 1. The molecule has 1 fully saturated rings. The molecule has 0 saturated carbocycles. The number of carbonyl (C=O) groups excluding carboxylic acids is 1. The number of hydrogen-bond acceptors (Lipinski definition) is 2. The smallest absolute Gasteiger partial charge is 0.306 e. The van der Waals surface area contributed by atoms with Crippen LogP contribution in [0.2, 0.25) is 0 Å². The Morgan fingerprint density at radius 3 is 2.57 bits per heavy atom. The largest absolute Gasteiger partial charge is 0.462 e. The molecule has 0 aromatic carbocycles. The lowest BCUT2D eigenvalue weighted by molar-refractivity contribution is -0.141. The number of esters is 1. The van der Waals surface area contributed by atoms with Gasteiger partial charge in [0, 0.05) is 6.42 Å². The van der Waals surface area contributed by atoms with Gasteiger partial charge in [-0.25, -0.2) is 0 Å². The third-order valence-corrected chi connectivity index (χ3v) is 2.59. The molecule has 0 bridgehead atoms. The molecule has 2 atom stereocenters. The highest BCUT2D eigenvalue weighted by Crippen LogP contribution is 2.29. The molecule has 0 aromatic rings. The maximum atomic E-state index is 10.9. The van der Waals surface area contributed by atoms with Gasteiger partial charge in [-0.1, -0.05) is 27.7 Å². The zero-order chi connectivity index (χ0) is 10.8. The minimum atomic E-state index is -0.0158. The summed E-state index contributed by atoms with van der Waals surface area (Å²) in [5, 5.41) is 0. The van der Waals surface area contributed by atoms with Gasteiger partial charge in [-0.2, -0.15) is 0 Å². The van der Waals surface area contributed by atoms with Gasteiger partial charge < -0.3 is 4.74 Å². The van der Waals surface area contributed by atoms with Crippen LogP contribution in [0.15, 0.2) is 0 Å². The van der Waals surface area contributed by atoms with E-state index in [0.717, 1.165) is 12.8 Å². The predicted molar refractivity (Wildman–Crippen MR) is 57.0 cm³/mol. The Morgan fingerprint density at radius 1 is 1.50 bits per heavy atom. The fraction of sp³-hybridized carbons (Fsp3) is 0.917. The zero-order valence-corrected chi connectivity index (χ0v) is 9.80. The molecule has 2 unspecified atom stereocenters. The van der Waals surface area contributed by atoms with Gasteiger partial charge in [0.2, 0.25) is 0 Å². The van der Waals surface area contributed by atoms with E-state index in [1.54, 1.807) is 0 Å². The van der Waals surface area contributed by atoms with E-state index < -0.39 is 0 Å². The lowest BCUT2D eigenvalue weighted by atomic mass is 9.83. The normalized spacial score (nSPS) is 24.9. The lowest BCUT2D eigenvalue weighted by Crippen LogP contribution is -2.17. The number of ether oxygens (including phenoxy) is 1. The summed E-state index contributed by atoms with van der Waals surface area (Å²) in [6, 6.07) is 0. The Balaban J connectivity index is 2.27. The van der Waals surface area contributed by atoms with Crippen molar-refractivity contribution >= 4 is 5.97 Å². The molecule has 0 aliphatic carbocycles. The molecule has 0 amide bonds. The summed E-state index contributed by atoms with van der Waals surface area (Å²) in [7, 11) is 0. The van der Waals surface area contributed by atoms with Crippen molar-refractivity contribution < 1.29 is 9.53 Å². The van der Waals surface area contributed by atoms with Crippen LogP contribution in [0.25, 0.3) is 0 Å². The monoisotopic (exact) mass is 198 g/mol. The Kier molecular flexibility index (Phi) is 3.57. The van der Waals surface area contributed by atoms with Gasteiger partial charge in [-0.15, -0.1) is 0 Å². The molecule has 1 heterocycles. The molecular formula is C12H22O2. The minimum absolute atomic E-state index is 0.0158. The molecule has 82 valence electrons. The predicted octanol–water partition coefficient (Wildman–Crippen LogP) is 3.15. The first-order valence-corrected chi connectivity index (χ1v) is 5.56. The quantitative estimate of drug-likeness (QED) is 0.651. The standard InChI is InChI=1S/C12H22O2/c1-9(8-12(2,3)4)7-10-5-6-11(13)14-10/h9-10H,5-8H2,1-4H3. The van der Waals surface area contributed by atoms with E-state index in [2.05, 4.69) is 27.7 Å². The van der Waals surface area contributed by atoms with Crippen LogP contribution in [-0.2, 0) is 9.53 Å². The SMILES string of the molecule is CC(CC1CCC(=O)O1)CC(C)(C)C. The van der Waals surface area contributed by atoms with Crippen LogP contribution in [0.1, 0.15) is 53.4 Å². The Bertz CT molecular complexity index is 203. The molecule has 1 aliphatic rings. The van der Waals surface area contributed by atoms with Crippen molar-refractivity contribution in [2.75, 3.05) is 0 Å². The second-order valence-corrected chi connectivity index (χ2v) is 5.76. The second-order valence-electron chi connectivity index (χ2n) is 5.76. The number of rotatable bonds is 3. The summed E-state index contributed by atoms with van der Waals surface area (Å²) >= 11 is 0. The molecule has 1 aliphatic heterocycles. The molecule has 0 spiro atoms. The number of hydrogen-bond donors (Lipinski definition) is 0. The molecule has 0 N–H and O–H groups in total. The summed E-state index contributed by atoms with van der Waals surface area (Å²) in [6.45, 7) is 9.01. The molecule has 0 aromatic heterocycles. The van der Waals surface area contributed by atoms with Gasteiger partial charge in [0.15, 0.2) is 0 Å². The molecule has 1 rings (SSSR count). The minimum Gasteiger partial charge on any atom is -0.462 e. The van der Waals surface area contributed by atoms with Crippen molar-refractivity contribution in [1.82, 2.24) is 0 Å². The maximum Gasteiger partial charge on any atom is 0.306 e. The first kappa shape index (κ1) is 11.5. The highest BCUT2D eigenvalue weighted by atomic mass is 16.5. The van der Waals surface area contributed by atoms with Crippen molar-refractivity contribution in [2.24, 2.45) is 11.3 Å². The summed E-state index contributed by atoms with van der Waals surface area (Å²) in [6.07, 6.45) is 3.96. The first-order chi connectivity index (χ1) is 6.37. The fourth-order valence-electron chi connectivity index (χ4n) is 2.33. The highest BCUT2D eigenvalue weighted by Gasteiger charge is 2.26. The second kappa shape index (κ2) is 4.33. The maximum absolute atomic E-state index is 10.9. The third kappa shape index (κ3) is 4.12. The van der Waals surface area contributed by atoms with E-state index >= 15 is 0 Å². The van der Waals surface area contributed by atoms with Crippen LogP contribution in [0.4, 0.5) is 0 Å². The van der Waals surface area contributed by atoms with Crippen molar-refractivity contribution in [3.8, 4) is 0 Å². The zero-order valence-electron chi connectivity index (χ0n) is 9.80. The Morgan fingerprint density at radius 2 is 2.14 bits per heavy atom. The molecule has 2 heteroatoms. The van der Waals surface area contributed by atoms with E-state index in [-0.39, 0.29) is 12.1 Å². The molecule has 2 nitrogen and oxygen atoms in total. The third-order valence-electron chi connectivity index (χ3n) is 2.59. The van der Waals surface area contributed by atoms with Crippen molar-refractivity contribution in [3.05, 3.63) is 0 Å². The van der Waals surface area contributed by atoms with Gasteiger partial charge >= 0.3 is 5.97 Å². The van der Waals surface area contributed by atoms with Crippen LogP contribution >= 0.6 is 0 Å². The van der Waals surface area contributed by atoms with E-state index in [0.29, 0.717) is 17.8 Å². The summed E-state index contributed by atoms with van der Waals surface area (Å²) < 4.78 is 5.21. The van der Waals surface area contributed by atoms with E-state index in [1.807, 2.05) is 0 Å². The topological polar surface area (TPSA) is 26.3 Å². The first-order valence-electron chi connectivity index (χ1n) is 5.56. The summed E-state index contributed by atoms with van der Waals surface area (Å²) in [5.74, 6) is 0.629. The Hall–Kier alpha value is -0.530. The average Bonchev–Trinajstić information content (AvgIpc) is 2.30.